The van der Waals surface area contributed by atoms with Crippen LogP contribution in [0.5, 0.6) is 0 Å². The van der Waals surface area contributed by atoms with Gasteiger partial charge in [-0.25, -0.2) is 14.8 Å². The van der Waals surface area contributed by atoms with Crippen molar-refractivity contribution in [2.45, 2.75) is 6.92 Å². The molecule has 0 amide bonds. The highest BCUT2D eigenvalue weighted by molar-refractivity contribution is 6.01. The molecule has 0 spiro atoms. The van der Waals surface area contributed by atoms with Crippen LogP contribution in [-0.4, -0.2) is 41.6 Å². The molecule has 2 aromatic heterocycles. The fourth-order valence-corrected chi connectivity index (χ4v) is 2.60. The molecule has 3 rings (SSSR count). The summed E-state index contributed by atoms with van der Waals surface area (Å²) in [6.45, 7) is 2.06. The lowest BCUT2D eigenvalue weighted by atomic mass is 10.1. The van der Waals surface area contributed by atoms with Crippen LogP contribution in [-0.2, 0) is 4.74 Å². The summed E-state index contributed by atoms with van der Waals surface area (Å²) < 4.78 is 5.27. The van der Waals surface area contributed by atoms with Crippen molar-refractivity contribution in [3.8, 4) is 22.6 Å². The molecule has 0 aliphatic carbocycles. The number of aromatic nitrogens is 3. The van der Waals surface area contributed by atoms with E-state index >= 15 is 0 Å². The molecule has 3 aromatic rings. The van der Waals surface area contributed by atoms with Gasteiger partial charge in [-0.15, -0.1) is 0 Å². The third-order valence-corrected chi connectivity index (χ3v) is 3.78. The minimum atomic E-state index is -0.442. The van der Waals surface area contributed by atoms with Crippen molar-refractivity contribution in [3.05, 3.63) is 60.4 Å². The number of esters is 1. The van der Waals surface area contributed by atoms with E-state index < -0.39 is 5.97 Å². The lowest BCUT2D eigenvalue weighted by Crippen LogP contribution is -2.20. The van der Waals surface area contributed by atoms with Gasteiger partial charge in [0.1, 0.15) is 11.4 Å². The highest BCUT2D eigenvalue weighted by atomic mass is 16.5. The summed E-state index contributed by atoms with van der Waals surface area (Å²) in [5, 5.41) is 0. The second kappa shape index (κ2) is 7.74. The summed E-state index contributed by atoms with van der Waals surface area (Å²) in [6.07, 6.45) is 3.34. The van der Waals surface area contributed by atoms with E-state index in [0.717, 1.165) is 11.1 Å². The Morgan fingerprint density at radius 2 is 1.69 bits per heavy atom. The molecule has 26 heavy (non-hydrogen) atoms. The average Bonchev–Trinajstić information content (AvgIpc) is 2.68. The van der Waals surface area contributed by atoms with E-state index in [4.69, 9.17) is 9.72 Å². The summed E-state index contributed by atoms with van der Waals surface area (Å²) in [4.78, 5) is 27.8. The molecular weight excluding hydrogens is 328 g/mol. The number of nitrogens with zero attached hydrogens (tertiary/aromatic N) is 4. The van der Waals surface area contributed by atoms with Crippen molar-refractivity contribution in [3.63, 3.8) is 0 Å². The average molecular weight is 348 g/mol. The minimum absolute atomic E-state index is 0.280. The van der Waals surface area contributed by atoms with Crippen molar-refractivity contribution in [2.75, 3.05) is 25.6 Å². The van der Waals surface area contributed by atoms with Crippen molar-refractivity contribution < 1.29 is 9.53 Å². The van der Waals surface area contributed by atoms with Gasteiger partial charge in [0.25, 0.3) is 0 Å². The van der Waals surface area contributed by atoms with Gasteiger partial charge in [0.15, 0.2) is 5.82 Å². The van der Waals surface area contributed by atoms with E-state index in [1.54, 1.807) is 24.2 Å². The number of carbonyl (C=O) groups excluding carboxylic acids is 1. The first-order chi connectivity index (χ1) is 12.6. The summed E-state index contributed by atoms with van der Waals surface area (Å²) >= 11 is 0. The van der Waals surface area contributed by atoms with Gasteiger partial charge in [-0.3, -0.25) is 4.98 Å². The number of hydrogen-bond acceptors (Lipinski definition) is 6. The van der Waals surface area contributed by atoms with Gasteiger partial charge in [0, 0.05) is 37.6 Å². The molecule has 0 N–H and O–H groups in total. The molecule has 0 aliphatic heterocycles. The fourth-order valence-electron chi connectivity index (χ4n) is 2.60. The van der Waals surface area contributed by atoms with Gasteiger partial charge in [-0.1, -0.05) is 30.3 Å². The molecule has 0 fully saturated rings. The van der Waals surface area contributed by atoms with Gasteiger partial charge in [0.05, 0.1) is 12.3 Å². The maximum absolute atomic E-state index is 12.7. The minimum Gasteiger partial charge on any atom is -0.462 e. The quantitative estimate of drug-likeness (QED) is 0.658. The number of pyridine rings is 1. The molecule has 0 unspecified atom stereocenters. The van der Waals surface area contributed by atoms with E-state index in [-0.39, 0.29) is 6.61 Å². The van der Waals surface area contributed by atoms with Crippen molar-refractivity contribution >= 4 is 11.8 Å². The van der Waals surface area contributed by atoms with Crippen LogP contribution in [0, 0.1) is 0 Å². The third-order valence-electron chi connectivity index (χ3n) is 3.78. The van der Waals surface area contributed by atoms with E-state index in [0.29, 0.717) is 22.9 Å². The number of anilines is 1. The van der Waals surface area contributed by atoms with Crippen LogP contribution in [0.3, 0.4) is 0 Å². The lowest BCUT2D eigenvalue weighted by Gasteiger charge is -2.19. The molecule has 6 nitrogen and oxygen atoms in total. The predicted molar refractivity (Wildman–Crippen MR) is 101 cm³/mol. The molecule has 0 aliphatic rings. The number of carbonyl (C=O) groups is 1. The largest absolute Gasteiger partial charge is 0.462 e. The molecular formula is C20H20N4O2. The van der Waals surface area contributed by atoms with Gasteiger partial charge in [-0.05, 0) is 19.1 Å². The molecule has 0 saturated carbocycles. The SMILES string of the molecule is CCOC(=O)c1c(-c2ccncc2)nc(-c2ccccc2)nc1N(C)C. The number of benzene rings is 1. The van der Waals surface area contributed by atoms with E-state index in [1.165, 1.54) is 0 Å². The van der Waals surface area contributed by atoms with Crippen molar-refractivity contribution in [1.29, 1.82) is 0 Å². The molecule has 1 aromatic carbocycles. The summed E-state index contributed by atoms with van der Waals surface area (Å²) in [5.41, 5.74) is 2.54. The van der Waals surface area contributed by atoms with E-state index in [1.807, 2.05) is 56.6 Å². The zero-order chi connectivity index (χ0) is 18.5. The maximum atomic E-state index is 12.7. The highest BCUT2D eigenvalue weighted by Gasteiger charge is 2.24. The zero-order valence-corrected chi connectivity index (χ0v) is 15.0. The Morgan fingerprint density at radius 1 is 1.00 bits per heavy atom. The fraction of sp³-hybridized carbons (Fsp3) is 0.200. The number of ether oxygens (including phenoxy) is 1. The Bertz CT molecular complexity index is 896. The Kier molecular flexibility index (Phi) is 5.22. The van der Waals surface area contributed by atoms with Gasteiger partial charge >= 0.3 is 5.97 Å². The van der Waals surface area contributed by atoms with Crippen LogP contribution >= 0.6 is 0 Å². The second-order valence-electron chi connectivity index (χ2n) is 5.81. The van der Waals surface area contributed by atoms with Crippen LogP contribution in [0.25, 0.3) is 22.6 Å². The maximum Gasteiger partial charge on any atom is 0.344 e. The summed E-state index contributed by atoms with van der Waals surface area (Å²) in [6, 6.07) is 13.3. The van der Waals surface area contributed by atoms with Crippen molar-refractivity contribution in [1.82, 2.24) is 15.0 Å². The smallest absolute Gasteiger partial charge is 0.344 e. The predicted octanol–water partition coefficient (Wildman–Crippen LogP) is 3.45. The first-order valence-electron chi connectivity index (χ1n) is 8.34. The molecule has 0 bridgehead atoms. The van der Waals surface area contributed by atoms with Crippen LogP contribution in [0.2, 0.25) is 0 Å². The normalized spacial score (nSPS) is 10.4. The Hall–Kier alpha value is -3.28. The Balaban J connectivity index is 2.30. The van der Waals surface area contributed by atoms with Crippen molar-refractivity contribution in [2.24, 2.45) is 0 Å². The molecule has 0 saturated heterocycles. The second-order valence-corrected chi connectivity index (χ2v) is 5.81. The molecule has 0 atom stereocenters. The van der Waals surface area contributed by atoms with Crippen LogP contribution < -0.4 is 4.90 Å². The van der Waals surface area contributed by atoms with Crippen LogP contribution in [0.4, 0.5) is 5.82 Å². The summed E-state index contributed by atoms with van der Waals surface area (Å²) in [5.74, 6) is 0.626. The zero-order valence-electron chi connectivity index (χ0n) is 15.0. The Labute approximate surface area is 152 Å². The first-order valence-corrected chi connectivity index (χ1v) is 8.34. The summed E-state index contributed by atoms with van der Waals surface area (Å²) in [7, 11) is 3.69. The highest BCUT2D eigenvalue weighted by Crippen LogP contribution is 2.31. The number of hydrogen-bond donors (Lipinski definition) is 0. The monoisotopic (exact) mass is 348 g/mol. The van der Waals surface area contributed by atoms with Gasteiger partial charge in [-0.2, -0.15) is 0 Å². The van der Waals surface area contributed by atoms with Crippen LogP contribution in [0.15, 0.2) is 54.9 Å². The van der Waals surface area contributed by atoms with Gasteiger partial charge in [0.2, 0.25) is 0 Å². The van der Waals surface area contributed by atoms with Gasteiger partial charge < -0.3 is 9.64 Å². The van der Waals surface area contributed by atoms with E-state index in [2.05, 4.69) is 9.97 Å². The topological polar surface area (TPSA) is 68.2 Å². The van der Waals surface area contributed by atoms with Crippen LogP contribution in [0.1, 0.15) is 17.3 Å². The molecule has 2 heterocycles. The molecule has 0 radical (unpaired) electrons. The Morgan fingerprint density at radius 3 is 2.31 bits per heavy atom. The number of rotatable bonds is 5. The standard InChI is InChI=1S/C20H20N4O2/c1-4-26-20(25)16-17(14-10-12-21-13-11-14)22-18(23-19(16)24(2)3)15-8-6-5-7-9-15/h5-13H,4H2,1-3H3. The molecule has 132 valence electrons. The third kappa shape index (κ3) is 3.54. The lowest BCUT2D eigenvalue weighted by molar-refractivity contribution is 0.0527. The van der Waals surface area contributed by atoms with E-state index in [9.17, 15) is 4.79 Å². The molecule has 6 heteroatoms. The first kappa shape index (κ1) is 17.5.